The lowest BCUT2D eigenvalue weighted by Gasteiger charge is -2.06. The number of hydrogen-bond donors (Lipinski definition) is 1. The Kier molecular flexibility index (Phi) is 5.01. The van der Waals surface area contributed by atoms with E-state index in [4.69, 9.17) is 11.6 Å². The van der Waals surface area contributed by atoms with Crippen molar-refractivity contribution in [2.75, 3.05) is 0 Å². The summed E-state index contributed by atoms with van der Waals surface area (Å²) in [6, 6.07) is 7.32. The van der Waals surface area contributed by atoms with Gasteiger partial charge >= 0.3 is 0 Å². The molecule has 3 rings (SSSR count). The smallest absolute Gasteiger partial charge is 0.284 e. The molecule has 0 aliphatic heterocycles. The Morgan fingerprint density at radius 2 is 1.96 bits per heavy atom. The van der Waals surface area contributed by atoms with E-state index in [1.165, 1.54) is 24.4 Å². The maximum Gasteiger partial charge on any atom is 0.284 e. The molecule has 0 radical (unpaired) electrons. The van der Waals surface area contributed by atoms with Crippen molar-refractivity contribution in [2.45, 2.75) is 18.4 Å². The molecule has 10 heteroatoms. The first-order valence-electron chi connectivity index (χ1n) is 7.49. The number of benzene rings is 1. The maximum absolute atomic E-state index is 12.6. The van der Waals surface area contributed by atoms with Crippen LogP contribution in [0.25, 0.3) is 0 Å². The SMILES string of the molecule is Cc1cnc(CNC(=O)c2ccn(S(=O)(=O)c3ccccc3Cl)n2)cn1. The summed E-state index contributed by atoms with van der Waals surface area (Å²) < 4.78 is 25.9. The minimum atomic E-state index is -3.98. The van der Waals surface area contributed by atoms with Crippen LogP contribution in [0.2, 0.25) is 5.02 Å². The van der Waals surface area contributed by atoms with Crippen molar-refractivity contribution in [3.05, 3.63) is 71.0 Å². The summed E-state index contributed by atoms with van der Waals surface area (Å²) in [5, 5.41) is 6.54. The highest BCUT2D eigenvalue weighted by Gasteiger charge is 2.22. The summed E-state index contributed by atoms with van der Waals surface area (Å²) in [7, 11) is -3.98. The Labute approximate surface area is 154 Å². The highest BCUT2D eigenvalue weighted by atomic mass is 35.5. The molecule has 0 saturated heterocycles. The molecule has 1 N–H and O–H groups in total. The second-order valence-electron chi connectivity index (χ2n) is 5.34. The van der Waals surface area contributed by atoms with E-state index in [1.807, 2.05) is 0 Å². The van der Waals surface area contributed by atoms with E-state index < -0.39 is 15.9 Å². The van der Waals surface area contributed by atoms with Gasteiger partial charge in [-0.3, -0.25) is 14.8 Å². The van der Waals surface area contributed by atoms with Crippen LogP contribution in [-0.4, -0.2) is 33.5 Å². The molecular weight excluding hydrogens is 378 g/mol. The number of aryl methyl sites for hydroxylation is 1. The zero-order chi connectivity index (χ0) is 18.7. The van der Waals surface area contributed by atoms with Gasteiger partial charge in [-0.2, -0.15) is 17.6 Å². The van der Waals surface area contributed by atoms with Gasteiger partial charge in [-0.25, -0.2) is 0 Å². The zero-order valence-electron chi connectivity index (χ0n) is 13.6. The molecule has 26 heavy (non-hydrogen) atoms. The third-order valence-electron chi connectivity index (χ3n) is 3.42. The number of amides is 1. The van der Waals surface area contributed by atoms with E-state index in [0.717, 1.165) is 9.78 Å². The fourth-order valence-corrected chi connectivity index (χ4v) is 3.70. The second kappa shape index (κ2) is 7.22. The molecule has 0 aliphatic rings. The predicted octanol–water partition coefficient (Wildman–Crippen LogP) is 1.80. The van der Waals surface area contributed by atoms with Crippen LogP contribution >= 0.6 is 11.6 Å². The average molecular weight is 392 g/mol. The van der Waals surface area contributed by atoms with Crippen molar-refractivity contribution in [3.8, 4) is 0 Å². The van der Waals surface area contributed by atoms with Crippen LogP contribution < -0.4 is 5.32 Å². The van der Waals surface area contributed by atoms with Crippen molar-refractivity contribution in [2.24, 2.45) is 0 Å². The van der Waals surface area contributed by atoms with Crippen LogP contribution in [0.1, 0.15) is 21.9 Å². The largest absolute Gasteiger partial charge is 0.345 e. The van der Waals surface area contributed by atoms with Gasteiger partial charge in [0.15, 0.2) is 5.69 Å². The predicted molar refractivity (Wildman–Crippen MR) is 94.2 cm³/mol. The summed E-state index contributed by atoms with van der Waals surface area (Å²) >= 11 is 5.94. The number of hydrogen-bond acceptors (Lipinski definition) is 6. The number of nitrogens with one attached hydrogen (secondary N) is 1. The molecule has 3 aromatic rings. The maximum atomic E-state index is 12.6. The summed E-state index contributed by atoms with van der Waals surface area (Å²) in [6.07, 6.45) is 4.34. The van der Waals surface area contributed by atoms with Gasteiger partial charge in [0.25, 0.3) is 15.9 Å². The van der Waals surface area contributed by atoms with Crippen molar-refractivity contribution in [1.82, 2.24) is 24.5 Å². The molecule has 0 atom stereocenters. The van der Waals surface area contributed by atoms with E-state index in [0.29, 0.717) is 5.69 Å². The number of carbonyl (C=O) groups excluding carboxylic acids is 1. The quantitative estimate of drug-likeness (QED) is 0.710. The van der Waals surface area contributed by atoms with Crippen LogP contribution in [0, 0.1) is 6.92 Å². The Hall–Kier alpha value is -2.78. The lowest BCUT2D eigenvalue weighted by Crippen LogP contribution is -2.24. The van der Waals surface area contributed by atoms with Crippen molar-refractivity contribution in [3.63, 3.8) is 0 Å². The summed E-state index contributed by atoms with van der Waals surface area (Å²) in [6.45, 7) is 1.96. The standard InChI is InChI=1S/C16H14ClN5O3S/c1-11-8-19-12(9-18-11)10-20-16(23)14-6-7-22(21-14)26(24,25)15-5-3-2-4-13(15)17/h2-9H,10H2,1H3,(H,20,23). The number of carbonyl (C=O) groups is 1. The first kappa shape index (κ1) is 18.0. The zero-order valence-corrected chi connectivity index (χ0v) is 15.2. The second-order valence-corrected chi connectivity index (χ2v) is 7.51. The van der Waals surface area contributed by atoms with E-state index in [9.17, 15) is 13.2 Å². The monoisotopic (exact) mass is 391 g/mol. The first-order valence-corrected chi connectivity index (χ1v) is 9.31. The molecule has 0 bridgehead atoms. The number of nitrogens with zero attached hydrogens (tertiary/aromatic N) is 4. The molecule has 1 amide bonds. The lowest BCUT2D eigenvalue weighted by atomic mass is 10.3. The molecule has 2 heterocycles. The van der Waals surface area contributed by atoms with Gasteiger partial charge < -0.3 is 5.32 Å². The topological polar surface area (TPSA) is 107 Å². The fraction of sp³-hybridized carbons (Fsp3) is 0.125. The molecule has 0 spiro atoms. The normalized spacial score (nSPS) is 11.3. The number of aromatic nitrogens is 4. The lowest BCUT2D eigenvalue weighted by molar-refractivity contribution is 0.0945. The van der Waals surface area contributed by atoms with Crippen LogP contribution in [0.3, 0.4) is 0 Å². The van der Waals surface area contributed by atoms with Crippen LogP contribution in [0.15, 0.2) is 53.8 Å². The van der Waals surface area contributed by atoms with Crippen molar-refractivity contribution >= 4 is 27.5 Å². The van der Waals surface area contributed by atoms with Crippen molar-refractivity contribution < 1.29 is 13.2 Å². The molecule has 1 aromatic carbocycles. The average Bonchev–Trinajstić information content (AvgIpc) is 3.12. The summed E-state index contributed by atoms with van der Waals surface area (Å²) in [5.74, 6) is -0.527. The number of halogens is 1. The van der Waals surface area contributed by atoms with Gasteiger partial charge in [-0.05, 0) is 25.1 Å². The Bertz CT molecular complexity index is 1050. The molecule has 0 aliphatic carbocycles. The minimum absolute atomic E-state index is 0.0410. The van der Waals surface area contributed by atoms with Gasteiger partial charge in [-0.15, -0.1) is 0 Å². The molecule has 0 saturated carbocycles. The minimum Gasteiger partial charge on any atom is -0.345 e. The van der Waals surface area contributed by atoms with Crippen LogP contribution in [-0.2, 0) is 16.6 Å². The van der Waals surface area contributed by atoms with E-state index in [-0.39, 0.29) is 22.2 Å². The Morgan fingerprint density at radius 1 is 1.19 bits per heavy atom. The van der Waals surface area contributed by atoms with Crippen LogP contribution in [0.5, 0.6) is 0 Å². The van der Waals surface area contributed by atoms with E-state index >= 15 is 0 Å². The Morgan fingerprint density at radius 3 is 2.65 bits per heavy atom. The summed E-state index contributed by atoms with van der Waals surface area (Å²) in [5.41, 5.74) is 1.30. The third kappa shape index (κ3) is 3.73. The molecular formula is C16H14ClN5O3S. The first-order chi connectivity index (χ1) is 12.4. The van der Waals surface area contributed by atoms with E-state index in [2.05, 4.69) is 20.4 Å². The van der Waals surface area contributed by atoms with Crippen LogP contribution in [0.4, 0.5) is 0 Å². The van der Waals surface area contributed by atoms with Gasteiger partial charge in [0, 0.05) is 12.4 Å². The summed E-state index contributed by atoms with van der Waals surface area (Å²) in [4.78, 5) is 20.3. The van der Waals surface area contributed by atoms with Gasteiger partial charge in [0.2, 0.25) is 0 Å². The van der Waals surface area contributed by atoms with E-state index in [1.54, 1.807) is 31.5 Å². The Balaban J connectivity index is 1.76. The number of rotatable bonds is 5. The molecule has 2 aromatic heterocycles. The van der Waals surface area contributed by atoms with Crippen molar-refractivity contribution in [1.29, 1.82) is 0 Å². The fourth-order valence-electron chi connectivity index (χ4n) is 2.09. The van der Waals surface area contributed by atoms with Gasteiger partial charge in [0.05, 0.1) is 29.2 Å². The molecule has 8 nitrogen and oxygen atoms in total. The third-order valence-corrected chi connectivity index (χ3v) is 5.47. The molecule has 0 unspecified atom stereocenters. The van der Waals surface area contributed by atoms with Gasteiger partial charge in [-0.1, -0.05) is 23.7 Å². The highest BCUT2D eigenvalue weighted by Crippen LogP contribution is 2.22. The molecule has 0 fully saturated rings. The van der Waals surface area contributed by atoms with Gasteiger partial charge in [0.1, 0.15) is 4.90 Å². The molecule has 134 valence electrons. The highest BCUT2D eigenvalue weighted by molar-refractivity contribution is 7.90.